The van der Waals surface area contributed by atoms with Crippen LogP contribution in [0.25, 0.3) is 88.3 Å². The highest BCUT2D eigenvalue weighted by Gasteiger charge is 2.45. The fraction of sp³-hybridized carbons (Fsp3) is 0.0750. The number of rotatable bonds is 9. The number of nitrogens with zero attached hydrogens (tertiary/aromatic N) is 2. The first-order chi connectivity index (χ1) is 41.2. The molecule has 0 bridgehead atoms. The maximum atomic E-state index is 2.68. The molecular formula is C80H59BN2. The summed E-state index contributed by atoms with van der Waals surface area (Å²) in [5, 5.41) is 5.05. The molecule has 0 unspecified atom stereocenters. The maximum Gasteiger partial charge on any atom is 0.252 e. The lowest BCUT2D eigenvalue weighted by molar-refractivity contribution is 0.444. The highest BCUT2D eigenvalue weighted by atomic mass is 15.2. The topological polar surface area (TPSA) is 6.48 Å². The summed E-state index contributed by atoms with van der Waals surface area (Å²) in [6.07, 6.45) is 6.14. The van der Waals surface area contributed by atoms with E-state index in [4.69, 9.17) is 0 Å². The van der Waals surface area contributed by atoms with Crippen molar-refractivity contribution in [2.75, 3.05) is 9.80 Å². The smallest absolute Gasteiger partial charge is 0.252 e. The summed E-state index contributed by atoms with van der Waals surface area (Å²) >= 11 is 0. The summed E-state index contributed by atoms with van der Waals surface area (Å²) in [4.78, 5) is 5.33. The second-order valence-electron chi connectivity index (χ2n) is 23.0. The van der Waals surface area contributed by atoms with E-state index in [1.54, 1.807) is 0 Å². The molecule has 2 aliphatic heterocycles. The van der Waals surface area contributed by atoms with Crippen LogP contribution in [0, 0.1) is 0 Å². The lowest BCUT2D eigenvalue weighted by Crippen LogP contribution is -2.61. The molecule has 16 rings (SSSR count). The lowest BCUT2D eigenvalue weighted by Gasteiger charge is -2.45. The number of hydrogen-bond acceptors (Lipinski definition) is 2. The molecule has 0 saturated heterocycles. The Balaban J connectivity index is 1.03. The molecule has 0 atom stereocenters. The van der Waals surface area contributed by atoms with Crippen molar-refractivity contribution in [1.82, 2.24) is 0 Å². The second kappa shape index (κ2) is 20.5. The van der Waals surface area contributed by atoms with Gasteiger partial charge in [0.1, 0.15) is 0 Å². The second-order valence-corrected chi connectivity index (χ2v) is 23.0. The zero-order valence-corrected chi connectivity index (χ0v) is 46.3. The Morgan fingerprint density at radius 3 is 1.34 bits per heavy atom. The van der Waals surface area contributed by atoms with Crippen molar-refractivity contribution in [3.05, 3.63) is 297 Å². The molecule has 3 heteroatoms. The van der Waals surface area contributed by atoms with Gasteiger partial charge in [0.2, 0.25) is 0 Å². The standard InChI is InChI=1S/C80H59BN2/c1-7-23-54(24-8-1)60-39-42-75(72(48-60)59-33-17-6-18-34-59)83-77-44-41-63(71-49-62-35-19-20-36-68(62)69-37-21-22-38-70(69)71)51-74(77)81-73-50-61(55-25-9-2-10-26-55)40-43-76(73)82(78-52-66(53-79(83)80(78)81)58-31-15-5-16-32-58)67-46-64(56-27-11-3-12-28-56)45-65(47-67)57-29-13-4-14-30-57/h1-4,6-14,17-30,33-53,58H,5,15-16,31-32H2. The molecule has 0 N–H and O–H groups in total. The summed E-state index contributed by atoms with van der Waals surface area (Å²) in [6.45, 7) is -0.122. The molecule has 1 saturated carbocycles. The van der Waals surface area contributed by atoms with Gasteiger partial charge in [0, 0.05) is 34.0 Å². The Morgan fingerprint density at radius 2 is 0.735 bits per heavy atom. The molecule has 2 nitrogen and oxygen atoms in total. The van der Waals surface area contributed by atoms with Crippen molar-refractivity contribution in [3.8, 4) is 66.8 Å². The number of benzene rings is 13. The summed E-state index contributed by atoms with van der Waals surface area (Å²) < 4.78 is 0. The highest BCUT2D eigenvalue weighted by Crippen LogP contribution is 2.51. The van der Waals surface area contributed by atoms with Gasteiger partial charge in [-0.2, -0.15) is 0 Å². The third-order valence-corrected chi connectivity index (χ3v) is 18.2. The minimum absolute atomic E-state index is 0.122. The molecule has 13 aromatic carbocycles. The van der Waals surface area contributed by atoms with E-state index in [1.807, 2.05) is 0 Å². The van der Waals surface area contributed by atoms with Gasteiger partial charge in [0.05, 0.1) is 5.69 Å². The van der Waals surface area contributed by atoms with Gasteiger partial charge in [-0.25, -0.2) is 0 Å². The first kappa shape index (κ1) is 48.9. The van der Waals surface area contributed by atoms with E-state index in [1.165, 1.54) is 165 Å². The lowest BCUT2D eigenvalue weighted by atomic mass is 9.33. The van der Waals surface area contributed by atoms with Crippen LogP contribution in [0.5, 0.6) is 0 Å². The van der Waals surface area contributed by atoms with Gasteiger partial charge in [-0.1, -0.05) is 250 Å². The molecular weight excluding hydrogens is 1000 g/mol. The Labute approximate surface area is 487 Å². The van der Waals surface area contributed by atoms with Crippen LogP contribution < -0.4 is 26.2 Å². The van der Waals surface area contributed by atoms with E-state index in [0.29, 0.717) is 5.92 Å². The van der Waals surface area contributed by atoms with E-state index in [-0.39, 0.29) is 6.71 Å². The molecule has 392 valence electrons. The first-order valence-electron chi connectivity index (χ1n) is 29.7. The van der Waals surface area contributed by atoms with E-state index in [2.05, 4.69) is 301 Å². The van der Waals surface area contributed by atoms with E-state index >= 15 is 0 Å². The molecule has 0 radical (unpaired) electrons. The Bertz CT molecular complexity index is 4530. The summed E-state index contributed by atoms with van der Waals surface area (Å²) in [7, 11) is 0. The third-order valence-electron chi connectivity index (χ3n) is 18.2. The van der Waals surface area contributed by atoms with Crippen LogP contribution >= 0.6 is 0 Å². The Hall–Kier alpha value is -9.96. The van der Waals surface area contributed by atoms with Crippen LogP contribution in [0.1, 0.15) is 43.6 Å². The van der Waals surface area contributed by atoms with Gasteiger partial charge in [-0.05, 0) is 184 Å². The molecule has 2 heterocycles. The largest absolute Gasteiger partial charge is 0.311 e. The Morgan fingerprint density at radius 1 is 0.277 bits per heavy atom. The Kier molecular flexibility index (Phi) is 12.1. The van der Waals surface area contributed by atoms with Gasteiger partial charge in [0.25, 0.3) is 6.71 Å². The van der Waals surface area contributed by atoms with Crippen LogP contribution in [0.2, 0.25) is 0 Å². The predicted molar refractivity (Wildman–Crippen MR) is 354 cm³/mol. The van der Waals surface area contributed by atoms with Crippen molar-refractivity contribution in [2.24, 2.45) is 0 Å². The van der Waals surface area contributed by atoms with Crippen LogP contribution in [-0.2, 0) is 0 Å². The average Bonchev–Trinajstić information content (AvgIpc) is 1.13. The van der Waals surface area contributed by atoms with Crippen LogP contribution in [-0.4, -0.2) is 6.71 Å². The molecule has 83 heavy (non-hydrogen) atoms. The SMILES string of the molecule is c1ccc(-c2cc(-c3ccccc3)cc(N3c4ccc(-c5ccccc5)cc4B4c5cc(-c6cc7ccccc7c7ccccc67)ccc5N(c5ccc(-c6ccccc6)cc5-c5ccccc5)c5cc(C6CCCCC6)cc3c54)c2)cc1. The van der Waals surface area contributed by atoms with E-state index in [9.17, 15) is 0 Å². The molecule has 0 aromatic heterocycles. The monoisotopic (exact) mass is 1060 g/mol. The van der Waals surface area contributed by atoms with Crippen molar-refractivity contribution in [2.45, 2.75) is 38.0 Å². The van der Waals surface area contributed by atoms with Gasteiger partial charge in [0.15, 0.2) is 0 Å². The summed E-state index contributed by atoms with van der Waals surface area (Å²) in [6, 6.07) is 110. The van der Waals surface area contributed by atoms with E-state index in [0.717, 1.165) is 11.4 Å². The normalized spacial score (nSPS) is 13.7. The average molecular weight is 1060 g/mol. The molecule has 0 spiro atoms. The van der Waals surface area contributed by atoms with Crippen LogP contribution in [0.4, 0.5) is 34.1 Å². The minimum atomic E-state index is -0.122. The van der Waals surface area contributed by atoms with Crippen molar-refractivity contribution >= 4 is 78.8 Å². The molecule has 1 aliphatic carbocycles. The van der Waals surface area contributed by atoms with Crippen LogP contribution in [0.15, 0.2) is 291 Å². The number of fused-ring (bicyclic) bond motifs is 7. The summed E-state index contributed by atoms with van der Waals surface area (Å²) in [5.74, 6) is 0.434. The zero-order chi connectivity index (χ0) is 54.8. The van der Waals surface area contributed by atoms with Gasteiger partial charge >= 0.3 is 0 Å². The number of hydrogen-bond donors (Lipinski definition) is 0. The first-order valence-corrected chi connectivity index (χ1v) is 29.7. The minimum Gasteiger partial charge on any atom is -0.311 e. The molecule has 13 aromatic rings. The predicted octanol–water partition coefficient (Wildman–Crippen LogP) is 20.1. The van der Waals surface area contributed by atoms with Crippen molar-refractivity contribution in [1.29, 1.82) is 0 Å². The molecule has 3 aliphatic rings. The quantitative estimate of drug-likeness (QED) is 0.105. The maximum absolute atomic E-state index is 2.68. The fourth-order valence-electron chi connectivity index (χ4n) is 14.2. The number of anilines is 6. The van der Waals surface area contributed by atoms with Crippen molar-refractivity contribution < 1.29 is 0 Å². The van der Waals surface area contributed by atoms with Gasteiger partial charge in [-0.15, -0.1) is 0 Å². The summed E-state index contributed by atoms with van der Waals surface area (Å²) in [5.41, 5.74) is 27.0. The highest BCUT2D eigenvalue weighted by molar-refractivity contribution is 7.00. The third kappa shape index (κ3) is 8.57. The van der Waals surface area contributed by atoms with Crippen LogP contribution in [0.3, 0.4) is 0 Å². The van der Waals surface area contributed by atoms with Gasteiger partial charge in [-0.3, -0.25) is 0 Å². The van der Waals surface area contributed by atoms with Crippen molar-refractivity contribution in [3.63, 3.8) is 0 Å². The molecule has 1 fully saturated rings. The fourth-order valence-corrected chi connectivity index (χ4v) is 14.2. The van der Waals surface area contributed by atoms with E-state index < -0.39 is 0 Å². The van der Waals surface area contributed by atoms with Gasteiger partial charge < -0.3 is 9.80 Å². The zero-order valence-electron chi connectivity index (χ0n) is 46.3. The molecule has 0 amide bonds.